The van der Waals surface area contributed by atoms with E-state index in [2.05, 4.69) is 161 Å². The molecule has 10 aromatic rings. The molecule has 0 spiro atoms. The highest BCUT2D eigenvalue weighted by molar-refractivity contribution is 6.23. The molecule has 4 heteroatoms. The molecule has 11 rings (SSSR count). The monoisotopic (exact) mass is 610 g/mol. The molecule has 0 saturated carbocycles. The van der Waals surface area contributed by atoms with Crippen LogP contribution < -0.4 is 0 Å². The third-order valence-electron chi connectivity index (χ3n) is 10.1. The van der Waals surface area contributed by atoms with Gasteiger partial charge < -0.3 is 4.57 Å². The number of fused-ring (bicyclic) bond motifs is 13. The molecule has 0 amide bonds. The van der Waals surface area contributed by atoms with Crippen LogP contribution in [-0.4, -0.2) is 19.1 Å². The maximum Gasteiger partial charge on any atom is 0.235 e. The first-order valence-electron chi connectivity index (χ1n) is 16.4. The summed E-state index contributed by atoms with van der Waals surface area (Å²) in [4.78, 5) is 10.5. The van der Waals surface area contributed by atoms with Crippen molar-refractivity contribution in [3.05, 3.63) is 158 Å². The van der Waals surface area contributed by atoms with Gasteiger partial charge in [-0.1, -0.05) is 127 Å². The maximum absolute atomic E-state index is 5.33. The van der Waals surface area contributed by atoms with E-state index < -0.39 is 0 Å². The average Bonchev–Trinajstić information content (AvgIpc) is 3.63. The largest absolute Gasteiger partial charge is 0.308 e. The molecule has 7 aromatic carbocycles. The lowest BCUT2D eigenvalue weighted by Gasteiger charge is -2.15. The Bertz CT molecular complexity index is 2950. The van der Waals surface area contributed by atoms with Crippen molar-refractivity contribution in [2.24, 2.45) is 0 Å². The van der Waals surface area contributed by atoms with Crippen LogP contribution in [0.2, 0.25) is 0 Å². The lowest BCUT2D eigenvalue weighted by Crippen LogP contribution is -2.03. The topological polar surface area (TPSA) is 35.6 Å². The lowest BCUT2D eigenvalue weighted by atomic mass is 9.90. The fraction of sp³-hybridized carbons (Fsp3) is 0. The zero-order valence-electron chi connectivity index (χ0n) is 25.8. The van der Waals surface area contributed by atoms with E-state index in [9.17, 15) is 0 Å². The molecular weight excluding hydrogens is 585 g/mol. The Morgan fingerprint density at radius 1 is 0.396 bits per heavy atom. The second kappa shape index (κ2) is 9.50. The molecule has 4 nitrogen and oxygen atoms in total. The normalized spacial score (nSPS) is 12.2. The smallest absolute Gasteiger partial charge is 0.235 e. The van der Waals surface area contributed by atoms with Gasteiger partial charge in [-0.3, -0.25) is 4.57 Å². The number of nitrogens with zero attached hydrogens (tertiary/aromatic N) is 4. The number of hydrogen-bond acceptors (Lipinski definition) is 2. The Morgan fingerprint density at radius 3 is 1.94 bits per heavy atom. The van der Waals surface area contributed by atoms with Crippen LogP contribution >= 0.6 is 0 Å². The molecule has 0 bridgehead atoms. The number of rotatable bonds is 2. The van der Waals surface area contributed by atoms with Crippen LogP contribution in [0.25, 0.3) is 99.7 Å². The zero-order valence-corrected chi connectivity index (χ0v) is 25.8. The minimum absolute atomic E-state index is 0.667. The fourth-order valence-electron chi connectivity index (χ4n) is 8.13. The van der Waals surface area contributed by atoms with Crippen molar-refractivity contribution in [2.45, 2.75) is 0 Å². The van der Waals surface area contributed by atoms with Crippen molar-refractivity contribution >= 4 is 54.5 Å². The lowest BCUT2D eigenvalue weighted by molar-refractivity contribution is 1.01. The van der Waals surface area contributed by atoms with E-state index in [1.807, 2.05) is 6.07 Å². The standard InChI is InChI=1S/C44H26N4/c1-2-13-27(14-3-1)42-32-16-4-8-21-35(32)45-44(46-42)48-38-24-11-7-18-34(38)41-39(48)26-25-29-31-20-12-19-30-28-15-5-9-22-36(28)47(43(30)31)37-23-10-6-17-33(37)40(29)41/h1-26H. The number of hydrogen-bond donors (Lipinski definition) is 0. The summed E-state index contributed by atoms with van der Waals surface area (Å²) in [5.41, 5.74) is 13.7. The van der Waals surface area contributed by atoms with Gasteiger partial charge in [-0.15, -0.1) is 0 Å². The van der Waals surface area contributed by atoms with E-state index >= 15 is 0 Å². The van der Waals surface area contributed by atoms with Gasteiger partial charge in [0.05, 0.1) is 39.0 Å². The second-order valence-corrected chi connectivity index (χ2v) is 12.6. The van der Waals surface area contributed by atoms with Crippen molar-refractivity contribution < 1.29 is 0 Å². The van der Waals surface area contributed by atoms with Crippen molar-refractivity contribution in [1.82, 2.24) is 19.1 Å². The summed E-state index contributed by atoms with van der Waals surface area (Å²) in [6.45, 7) is 0. The van der Waals surface area contributed by atoms with Gasteiger partial charge in [0.1, 0.15) is 0 Å². The molecule has 4 heterocycles. The molecule has 222 valence electrons. The van der Waals surface area contributed by atoms with Crippen LogP contribution in [0.5, 0.6) is 0 Å². The highest BCUT2D eigenvalue weighted by atomic mass is 15.2. The van der Waals surface area contributed by atoms with E-state index in [4.69, 9.17) is 9.97 Å². The van der Waals surface area contributed by atoms with Crippen LogP contribution in [0.4, 0.5) is 0 Å². The van der Waals surface area contributed by atoms with Gasteiger partial charge in [0.25, 0.3) is 0 Å². The highest BCUT2D eigenvalue weighted by Crippen LogP contribution is 2.50. The van der Waals surface area contributed by atoms with Gasteiger partial charge in [0.2, 0.25) is 5.95 Å². The molecule has 1 aliphatic rings. The highest BCUT2D eigenvalue weighted by Gasteiger charge is 2.28. The summed E-state index contributed by atoms with van der Waals surface area (Å²) < 4.78 is 4.73. The number of benzene rings is 7. The van der Waals surface area contributed by atoms with E-state index in [-0.39, 0.29) is 0 Å². The average molecular weight is 611 g/mol. The predicted octanol–water partition coefficient (Wildman–Crippen LogP) is 11.1. The van der Waals surface area contributed by atoms with Crippen molar-refractivity contribution in [2.75, 3.05) is 0 Å². The predicted molar refractivity (Wildman–Crippen MR) is 198 cm³/mol. The number of para-hydroxylation sites is 5. The summed E-state index contributed by atoms with van der Waals surface area (Å²) >= 11 is 0. The Kier molecular flexibility index (Phi) is 5.08. The Morgan fingerprint density at radius 2 is 1.06 bits per heavy atom. The molecule has 1 aliphatic heterocycles. The first-order chi connectivity index (χ1) is 23.8. The molecule has 0 aliphatic carbocycles. The van der Waals surface area contributed by atoms with Crippen LogP contribution in [-0.2, 0) is 0 Å². The SMILES string of the molecule is c1ccc(-c2nc(-n3c4ccccc4c4c5c(ccc43)-c3cccc4c6ccccc6n(c34)-c3ccccc3-5)nc3ccccc23)cc1. The van der Waals surface area contributed by atoms with E-state index in [1.165, 1.54) is 60.5 Å². The molecule has 0 fully saturated rings. The molecule has 48 heavy (non-hydrogen) atoms. The van der Waals surface area contributed by atoms with Crippen LogP contribution in [0.3, 0.4) is 0 Å². The van der Waals surface area contributed by atoms with Crippen LogP contribution in [0.1, 0.15) is 0 Å². The molecule has 0 saturated heterocycles. The molecule has 0 N–H and O–H groups in total. The molecule has 0 atom stereocenters. The van der Waals surface area contributed by atoms with E-state index in [0.717, 1.165) is 33.2 Å². The number of aromatic nitrogens is 4. The second-order valence-electron chi connectivity index (χ2n) is 12.6. The zero-order chi connectivity index (χ0) is 31.3. The van der Waals surface area contributed by atoms with Gasteiger partial charge in [0.15, 0.2) is 0 Å². The fourth-order valence-corrected chi connectivity index (χ4v) is 8.13. The molecule has 0 unspecified atom stereocenters. The molecular formula is C44H26N4. The third-order valence-corrected chi connectivity index (χ3v) is 10.1. The summed E-state index contributed by atoms with van der Waals surface area (Å²) in [6, 6.07) is 56.4. The van der Waals surface area contributed by atoms with Gasteiger partial charge in [-0.25, -0.2) is 9.97 Å². The van der Waals surface area contributed by atoms with Crippen LogP contribution in [0.15, 0.2) is 158 Å². The van der Waals surface area contributed by atoms with Gasteiger partial charge in [0, 0.05) is 49.2 Å². The Labute approximate surface area is 275 Å². The van der Waals surface area contributed by atoms with Gasteiger partial charge >= 0.3 is 0 Å². The van der Waals surface area contributed by atoms with Gasteiger partial charge in [-0.2, -0.15) is 0 Å². The summed E-state index contributed by atoms with van der Waals surface area (Å²) in [5, 5.41) is 5.97. The van der Waals surface area contributed by atoms with E-state index in [0.29, 0.717) is 5.95 Å². The summed E-state index contributed by atoms with van der Waals surface area (Å²) in [7, 11) is 0. The van der Waals surface area contributed by atoms with E-state index in [1.54, 1.807) is 0 Å². The summed E-state index contributed by atoms with van der Waals surface area (Å²) in [6.07, 6.45) is 0. The van der Waals surface area contributed by atoms with Gasteiger partial charge in [-0.05, 0) is 35.9 Å². The third kappa shape index (κ3) is 3.33. The minimum atomic E-state index is 0.667. The van der Waals surface area contributed by atoms with Crippen molar-refractivity contribution in [3.63, 3.8) is 0 Å². The van der Waals surface area contributed by atoms with Crippen molar-refractivity contribution in [1.29, 1.82) is 0 Å². The first-order valence-corrected chi connectivity index (χ1v) is 16.4. The molecule has 0 radical (unpaired) electrons. The van der Waals surface area contributed by atoms with Crippen LogP contribution in [0, 0.1) is 0 Å². The quantitative estimate of drug-likeness (QED) is 0.195. The Balaban J connectivity index is 1.30. The first kappa shape index (κ1) is 25.6. The van der Waals surface area contributed by atoms with Crippen molar-refractivity contribution in [3.8, 4) is 45.1 Å². The summed E-state index contributed by atoms with van der Waals surface area (Å²) in [5.74, 6) is 0.667. The maximum atomic E-state index is 5.33. The minimum Gasteiger partial charge on any atom is -0.308 e. The Hall–Kier alpha value is -6.52. The molecule has 3 aromatic heterocycles.